The van der Waals surface area contributed by atoms with Gasteiger partial charge in [-0.1, -0.05) is 0 Å². The summed E-state index contributed by atoms with van der Waals surface area (Å²) in [6.45, 7) is -0.209. The smallest absolute Gasteiger partial charge is 0.267 e. The highest BCUT2D eigenvalue weighted by atomic mass is 32.2. The molecule has 5 heteroatoms. The van der Waals surface area contributed by atoms with Gasteiger partial charge in [-0.05, 0) is 12.8 Å². The van der Waals surface area contributed by atoms with E-state index in [9.17, 15) is 8.42 Å². The van der Waals surface area contributed by atoms with Gasteiger partial charge in [-0.2, -0.15) is 8.42 Å². The van der Waals surface area contributed by atoms with Crippen LogP contribution in [0.2, 0.25) is 0 Å². The Hall–Kier alpha value is -0.130. The molecule has 0 bridgehead atoms. The van der Waals surface area contributed by atoms with E-state index >= 15 is 0 Å². The largest absolute Gasteiger partial charge is 0.394 e. The molecule has 1 rings (SSSR count). The molecule has 1 heterocycles. The number of hydrogen-bond acceptors (Lipinski definition) is 4. The topological polar surface area (TPSA) is 63.6 Å². The Labute approximate surface area is 59.9 Å². The van der Waals surface area contributed by atoms with Gasteiger partial charge in [0.15, 0.2) is 0 Å². The molecule has 1 aliphatic heterocycles. The van der Waals surface area contributed by atoms with Crippen LogP contribution in [0.25, 0.3) is 0 Å². The number of rotatable bonds is 1. The van der Waals surface area contributed by atoms with Gasteiger partial charge in [0, 0.05) is 0 Å². The van der Waals surface area contributed by atoms with Crippen LogP contribution < -0.4 is 0 Å². The molecule has 0 radical (unpaired) electrons. The summed E-state index contributed by atoms with van der Waals surface area (Å²) in [6, 6.07) is 0. The molecular weight excluding hydrogens is 156 g/mol. The van der Waals surface area contributed by atoms with E-state index in [1.165, 1.54) is 0 Å². The van der Waals surface area contributed by atoms with E-state index in [4.69, 9.17) is 5.11 Å². The van der Waals surface area contributed by atoms with Crippen molar-refractivity contribution in [3.63, 3.8) is 0 Å². The van der Waals surface area contributed by atoms with E-state index in [1.54, 1.807) is 0 Å². The zero-order valence-electron chi connectivity index (χ0n) is 5.49. The van der Waals surface area contributed by atoms with E-state index < -0.39 is 16.2 Å². The zero-order valence-corrected chi connectivity index (χ0v) is 6.30. The Bertz CT molecular complexity index is 196. The minimum absolute atomic E-state index is 0.0868. The molecule has 0 aliphatic carbocycles. The molecular formula is C5H10O4S. The molecule has 4 nitrogen and oxygen atoms in total. The summed E-state index contributed by atoms with van der Waals surface area (Å²) >= 11 is 0. The molecule has 0 aromatic heterocycles. The van der Waals surface area contributed by atoms with Gasteiger partial charge in [0.2, 0.25) is 0 Å². The highest BCUT2D eigenvalue weighted by molar-refractivity contribution is 7.86. The molecule has 1 fully saturated rings. The van der Waals surface area contributed by atoms with Crippen LogP contribution in [0.3, 0.4) is 0 Å². The first-order valence-electron chi connectivity index (χ1n) is 3.16. The van der Waals surface area contributed by atoms with Crippen molar-refractivity contribution < 1.29 is 17.7 Å². The highest BCUT2D eigenvalue weighted by Gasteiger charge is 2.24. The SMILES string of the molecule is O=S1(=O)CCCC(CO)O1. The standard InChI is InChI=1S/C5H10O4S/c6-4-5-2-1-3-10(7,8)9-5/h5-6H,1-4H2. The van der Waals surface area contributed by atoms with Crippen molar-refractivity contribution in [2.24, 2.45) is 0 Å². The molecule has 1 unspecified atom stereocenters. The van der Waals surface area contributed by atoms with Gasteiger partial charge in [-0.3, -0.25) is 4.18 Å². The molecule has 0 aromatic rings. The number of aliphatic hydroxyl groups excluding tert-OH is 1. The lowest BCUT2D eigenvalue weighted by atomic mass is 10.2. The summed E-state index contributed by atoms with van der Waals surface area (Å²) in [5.74, 6) is 0.0868. The Kier molecular flexibility index (Phi) is 2.28. The van der Waals surface area contributed by atoms with Gasteiger partial charge >= 0.3 is 0 Å². The van der Waals surface area contributed by atoms with Crippen LogP contribution >= 0.6 is 0 Å². The number of aliphatic hydroxyl groups is 1. The summed E-state index contributed by atoms with van der Waals surface area (Å²) in [5.41, 5.74) is 0. The first kappa shape index (κ1) is 7.97. The van der Waals surface area contributed by atoms with Crippen molar-refractivity contribution in [1.82, 2.24) is 0 Å². The van der Waals surface area contributed by atoms with Crippen molar-refractivity contribution in [3.05, 3.63) is 0 Å². The third-order valence-corrected chi connectivity index (χ3v) is 2.76. The van der Waals surface area contributed by atoms with E-state index in [1.807, 2.05) is 0 Å². The Morgan fingerprint density at radius 1 is 1.60 bits per heavy atom. The van der Waals surface area contributed by atoms with Crippen LogP contribution in [0.15, 0.2) is 0 Å². The Balaban J connectivity index is 2.56. The molecule has 1 aliphatic rings. The second-order valence-electron chi connectivity index (χ2n) is 2.30. The van der Waals surface area contributed by atoms with Crippen LogP contribution in [0.4, 0.5) is 0 Å². The lowest BCUT2D eigenvalue weighted by molar-refractivity contribution is 0.104. The maximum atomic E-state index is 10.7. The molecule has 10 heavy (non-hydrogen) atoms. The Morgan fingerprint density at radius 2 is 2.30 bits per heavy atom. The van der Waals surface area contributed by atoms with Gasteiger partial charge in [-0.15, -0.1) is 0 Å². The molecule has 0 spiro atoms. The predicted molar refractivity (Wildman–Crippen MR) is 35.0 cm³/mol. The summed E-state index contributed by atoms with van der Waals surface area (Å²) in [7, 11) is -3.30. The van der Waals surface area contributed by atoms with Crippen LogP contribution in [0.1, 0.15) is 12.8 Å². The Morgan fingerprint density at radius 3 is 2.70 bits per heavy atom. The molecule has 0 aromatic carbocycles. The molecule has 0 amide bonds. The van der Waals surface area contributed by atoms with E-state index in [0.717, 1.165) is 0 Å². The first-order valence-corrected chi connectivity index (χ1v) is 4.73. The molecule has 0 saturated carbocycles. The van der Waals surface area contributed by atoms with Crippen LogP contribution in [0, 0.1) is 0 Å². The maximum absolute atomic E-state index is 10.7. The van der Waals surface area contributed by atoms with Crippen molar-refractivity contribution in [1.29, 1.82) is 0 Å². The minimum atomic E-state index is -3.30. The second-order valence-corrected chi connectivity index (χ2v) is 4.02. The minimum Gasteiger partial charge on any atom is -0.394 e. The molecule has 1 atom stereocenters. The summed E-state index contributed by atoms with van der Waals surface area (Å²) in [5, 5.41) is 8.53. The van der Waals surface area contributed by atoms with Crippen molar-refractivity contribution in [2.75, 3.05) is 12.4 Å². The zero-order chi connectivity index (χ0) is 7.61. The third kappa shape index (κ3) is 1.93. The fraction of sp³-hybridized carbons (Fsp3) is 1.00. The first-order chi connectivity index (χ1) is 4.64. The van der Waals surface area contributed by atoms with Crippen molar-refractivity contribution in [3.8, 4) is 0 Å². The van der Waals surface area contributed by atoms with Gasteiger partial charge in [0.05, 0.1) is 12.4 Å². The van der Waals surface area contributed by atoms with Gasteiger partial charge in [-0.25, -0.2) is 0 Å². The van der Waals surface area contributed by atoms with Crippen LogP contribution in [0.5, 0.6) is 0 Å². The average molecular weight is 166 g/mol. The van der Waals surface area contributed by atoms with Crippen molar-refractivity contribution in [2.45, 2.75) is 18.9 Å². The van der Waals surface area contributed by atoms with E-state index in [2.05, 4.69) is 4.18 Å². The monoisotopic (exact) mass is 166 g/mol. The van der Waals surface area contributed by atoms with Gasteiger partial charge in [0.25, 0.3) is 10.1 Å². The molecule has 1 N–H and O–H groups in total. The fourth-order valence-corrected chi connectivity index (χ4v) is 2.10. The summed E-state index contributed by atoms with van der Waals surface area (Å²) in [4.78, 5) is 0. The maximum Gasteiger partial charge on any atom is 0.267 e. The van der Waals surface area contributed by atoms with Gasteiger partial charge in [0.1, 0.15) is 6.10 Å². The quantitative estimate of drug-likeness (QED) is 0.533. The summed E-state index contributed by atoms with van der Waals surface area (Å²) in [6.07, 6.45) is 0.724. The van der Waals surface area contributed by atoms with Gasteiger partial charge < -0.3 is 5.11 Å². The second kappa shape index (κ2) is 2.86. The van der Waals surface area contributed by atoms with E-state index in [-0.39, 0.29) is 12.4 Å². The lowest BCUT2D eigenvalue weighted by Crippen LogP contribution is -2.29. The van der Waals surface area contributed by atoms with E-state index in [0.29, 0.717) is 12.8 Å². The summed E-state index contributed by atoms with van der Waals surface area (Å²) < 4.78 is 25.9. The lowest BCUT2D eigenvalue weighted by Gasteiger charge is -2.19. The third-order valence-electron chi connectivity index (χ3n) is 1.41. The predicted octanol–water partition coefficient (Wildman–Crippen LogP) is -0.512. The molecule has 1 saturated heterocycles. The highest BCUT2D eigenvalue weighted by Crippen LogP contribution is 2.14. The fourth-order valence-electron chi connectivity index (χ4n) is 0.913. The average Bonchev–Trinajstić information content (AvgIpc) is 1.86. The van der Waals surface area contributed by atoms with Crippen LogP contribution in [-0.2, 0) is 14.3 Å². The van der Waals surface area contributed by atoms with Crippen LogP contribution in [-0.4, -0.2) is 32.0 Å². The van der Waals surface area contributed by atoms with Crippen molar-refractivity contribution >= 4 is 10.1 Å². The normalized spacial score (nSPS) is 31.9. The number of hydrogen-bond donors (Lipinski definition) is 1. The molecule has 60 valence electrons.